The minimum Gasteiger partial charge on any atom is -0.439 e. The predicted molar refractivity (Wildman–Crippen MR) is 115 cm³/mol. The van der Waals surface area contributed by atoms with Crippen LogP contribution in [0.4, 0.5) is 13.2 Å². The van der Waals surface area contributed by atoms with Gasteiger partial charge < -0.3 is 10.1 Å². The lowest BCUT2D eigenvalue weighted by atomic mass is 9.89. The monoisotopic (exact) mass is 457 g/mol. The summed E-state index contributed by atoms with van der Waals surface area (Å²) >= 11 is 0. The predicted octanol–water partition coefficient (Wildman–Crippen LogP) is 5.08. The molecular weight excluding hydrogens is 435 g/mol. The summed E-state index contributed by atoms with van der Waals surface area (Å²) in [4.78, 5) is 20.0. The van der Waals surface area contributed by atoms with Gasteiger partial charge in [-0.25, -0.2) is 9.97 Å². The number of hydrogen-bond donors (Lipinski definition) is 2. The molecule has 0 atom stereocenters. The number of carbonyl (C=O) groups is 1. The first-order valence-electron chi connectivity index (χ1n) is 10.5. The Bertz CT molecular complexity index is 1150. The van der Waals surface area contributed by atoms with E-state index in [0.29, 0.717) is 11.6 Å². The second-order valence-corrected chi connectivity index (χ2v) is 7.84. The van der Waals surface area contributed by atoms with E-state index in [0.717, 1.165) is 43.5 Å². The molecule has 7 nitrogen and oxygen atoms in total. The van der Waals surface area contributed by atoms with Crippen molar-refractivity contribution in [3.8, 4) is 11.6 Å². The van der Waals surface area contributed by atoms with Gasteiger partial charge in [0.1, 0.15) is 11.6 Å². The molecule has 172 valence electrons. The number of carbonyl (C=O) groups excluding carboxylic acids is 1. The number of hydrogen-bond acceptors (Lipinski definition) is 5. The lowest BCUT2D eigenvalue weighted by Crippen LogP contribution is -2.37. The molecule has 1 amide bonds. The highest BCUT2D eigenvalue weighted by molar-refractivity contribution is 5.90. The molecule has 33 heavy (non-hydrogen) atoms. The molecule has 0 spiro atoms. The number of aromatic nitrogens is 4. The van der Waals surface area contributed by atoms with Crippen molar-refractivity contribution in [1.82, 2.24) is 25.5 Å². The summed E-state index contributed by atoms with van der Waals surface area (Å²) in [7, 11) is 0. The third-order valence-electron chi connectivity index (χ3n) is 5.29. The quantitative estimate of drug-likeness (QED) is 0.558. The number of allylic oxidation sites excluding steroid dienone is 1. The zero-order valence-electron chi connectivity index (χ0n) is 17.8. The zero-order valence-corrected chi connectivity index (χ0v) is 17.8. The topological polar surface area (TPSA) is 92.8 Å². The first-order valence-corrected chi connectivity index (χ1v) is 10.5. The van der Waals surface area contributed by atoms with Gasteiger partial charge in [0, 0.05) is 18.3 Å². The van der Waals surface area contributed by atoms with Crippen LogP contribution in [0.3, 0.4) is 0 Å². The fourth-order valence-corrected chi connectivity index (χ4v) is 3.61. The number of nitrogens with one attached hydrogen (secondary N) is 2. The Hall–Kier alpha value is -3.69. The van der Waals surface area contributed by atoms with E-state index in [4.69, 9.17) is 4.74 Å². The van der Waals surface area contributed by atoms with Crippen LogP contribution in [0.25, 0.3) is 6.08 Å². The molecule has 2 heterocycles. The van der Waals surface area contributed by atoms with E-state index >= 15 is 0 Å². The van der Waals surface area contributed by atoms with Gasteiger partial charge in [-0.15, -0.1) is 0 Å². The summed E-state index contributed by atoms with van der Waals surface area (Å²) in [6, 6.07) is 9.49. The van der Waals surface area contributed by atoms with E-state index in [9.17, 15) is 18.0 Å². The second kappa shape index (κ2) is 9.43. The molecule has 1 aromatic carbocycles. The Labute approximate surface area is 188 Å². The van der Waals surface area contributed by atoms with Gasteiger partial charge in [0.05, 0.1) is 5.56 Å². The summed E-state index contributed by atoms with van der Waals surface area (Å²) < 4.78 is 43.6. The fraction of sp³-hybridized carbons (Fsp3) is 0.304. The van der Waals surface area contributed by atoms with Crippen molar-refractivity contribution >= 4 is 12.0 Å². The van der Waals surface area contributed by atoms with Gasteiger partial charge in [-0.1, -0.05) is 23.8 Å². The van der Waals surface area contributed by atoms with Gasteiger partial charge in [0.15, 0.2) is 0 Å². The molecule has 1 saturated carbocycles. The van der Waals surface area contributed by atoms with Crippen LogP contribution in [0.5, 0.6) is 11.6 Å². The Morgan fingerprint density at radius 1 is 1.21 bits per heavy atom. The third kappa shape index (κ3) is 5.97. The highest BCUT2D eigenvalue weighted by Gasteiger charge is 2.30. The molecule has 2 aromatic heterocycles. The van der Waals surface area contributed by atoms with Crippen molar-refractivity contribution in [2.24, 2.45) is 0 Å². The first kappa shape index (κ1) is 22.5. The maximum atomic E-state index is 12.7. The van der Waals surface area contributed by atoms with E-state index < -0.39 is 11.7 Å². The van der Waals surface area contributed by atoms with E-state index in [1.165, 1.54) is 11.6 Å². The minimum absolute atomic E-state index is 0.0699. The number of nitrogens with zero attached hydrogens (tertiary/aromatic N) is 3. The summed E-state index contributed by atoms with van der Waals surface area (Å²) in [5, 5.41) is 9.47. The fourth-order valence-electron chi connectivity index (χ4n) is 3.61. The molecule has 0 bridgehead atoms. The van der Waals surface area contributed by atoms with Gasteiger partial charge in [0.25, 0.3) is 5.91 Å². The minimum atomic E-state index is -4.44. The highest BCUT2D eigenvalue weighted by atomic mass is 19.4. The zero-order chi connectivity index (χ0) is 23.4. The number of pyridine rings is 1. The standard InChI is InChI=1S/C23H22F3N5O2/c1-14-28-21(31-30-14)22(32)29-18-8-5-15(6-9-18)11-16-3-2-4-19(12-16)33-20-10-7-17(13-27-20)23(24,25)26/h2-4,7,10-13,18H,5-6,8-9H2,1H3,(H,29,32)(H,28,30,31). The largest absolute Gasteiger partial charge is 0.439 e. The van der Waals surface area contributed by atoms with Crippen LogP contribution in [-0.4, -0.2) is 32.1 Å². The van der Waals surface area contributed by atoms with Crippen LogP contribution in [0, 0.1) is 6.92 Å². The first-order chi connectivity index (χ1) is 15.8. The van der Waals surface area contributed by atoms with Gasteiger partial charge >= 0.3 is 6.18 Å². The lowest BCUT2D eigenvalue weighted by molar-refractivity contribution is -0.137. The third-order valence-corrected chi connectivity index (χ3v) is 5.29. The number of H-pyrrole nitrogens is 1. The Balaban J connectivity index is 1.33. The number of aromatic amines is 1. The molecule has 10 heteroatoms. The van der Waals surface area contributed by atoms with Crippen LogP contribution in [0.1, 0.15) is 53.3 Å². The molecule has 2 N–H and O–H groups in total. The highest BCUT2D eigenvalue weighted by Crippen LogP contribution is 2.31. The summed E-state index contributed by atoms with van der Waals surface area (Å²) in [5.41, 5.74) is 1.35. The normalized spacial score (nSPS) is 16.4. The van der Waals surface area contributed by atoms with Crippen LogP contribution in [0.15, 0.2) is 48.2 Å². The van der Waals surface area contributed by atoms with Crippen molar-refractivity contribution in [3.63, 3.8) is 0 Å². The Morgan fingerprint density at radius 3 is 2.64 bits per heavy atom. The maximum Gasteiger partial charge on any atom is 0.417 e. The molecule has 1 aliphatic rings. The Morgan fingerprint density at radius 2 is 2.00 bits per heavy atom. The molecule has 0 aliphatic heterocycles. The number of halogens is 3. The number of alkyl halides is 3. The van der Waals surface area contributed by atoms with Gasteiger partial charge in [0.2, 0.25) is 11.7 Å². The van der Waals surface area contributed by atoms with Crippen molar-refractivity contribution in [1.29, 1.82) is 0 Å². The maximum absolute atomic E-state index is 12.7. The molecule has 0 saturated heterocycles. The molecular formula is C23H22F3N5O2. The molecule has 4 rings (SSSR count). The molecule has 1 fully saturated rings. The SMILES string of the molecule is Cc1n[nH]c(C(=O)NC2CCC(=Cc3cccc(Oc4ccc(C(F)(F)F)cn4)c3)CC2)n1. The molecule has 3 aromatic rings. The second-order valence-electron chi connectivity index (χ2n) is 7.84. The van der Waals surface area contributed by atoms with Crippen molar-refractivity contribution in [3.05, 3.63) is 70.9 Å². The van der Waals surface area contributed by atoms with Crippen LogP contribution in [0.2, 0.25) is 0 Å². The van der Waals surface area contributed by atoms with E-state index in [2.05, 4.69) is 31.6 Å². The Kier molecular flexibility index (Phi) is 6.43. The van der Waals surface area contributed by atoms with Gasteiger partial charge in [-0.05, 0) is 56.4 Å². The number of ether oxygens (including phenoxy) is 1. The lowest BCUT2D eigenvalue weighted by Gasteiger charge is -2.24. The average Bonchev–Trinajstić information content (AvgIpc) is 3.22. The summed E-state index contributed by atoms with van der Waals surface area (Å²) in [6.07, 6.45) is 1.70. The van der Waals surface area contributed by atoms with Crippen molar-refractivity contribution in [2.75, 3.05) is 0 Å². The number of rotatable bonds is 5. The average molecular weight is 457 g/mol. The smallest absolute Gasteiger partial charge is 0.417 e. The molecule has 1 aliphatic carbocycles. The van der Waals surface area contributed by atoms with Crippen molar-refractivity contribution < 1.29 is 22.7 Å². The van der Waals surface area contributed by atoms with Gasteiger partial charge in [-0.3, -0.25) is 9.89 Å². The summed E-state index contributed by atoms with van der Waals surface area (Å²) in [6.45, 7) is 1.71. The van der Waals surface area contributed by atoms with E-state index in [-0.39, 0.29) is 23.7 Å². The summed E-state index contributed by atoms with van der Waals surface area (Å²) in [5.74, 6) is 1.06. The number of aryl methyl sites for hydroxylation is 1. The van der Waals surface area contributed by atoms with Gasteiger partial charge in [-0.2, -0.15) is 18.3 Å². The van der Waals surface area contributed by atoms with Crippen molar-refractivity contribution in [2.45, 2.75) is 44.8 Å². The van der Waals surface area contributed by atoms with Crippen LogP contribution in [-0.2, 0) is 6.18 Å². The molecule has 0 unspecified atom stereocenters. The number of benzene rings is 1. The molecule has 0 radical (unpaired) electrons. The van der Waals surface area contributed by atoms with E-state index in [1.807, 2.05) is 18.2 Å². The van der Waals surface area contributed by atoms with Crippen LogP contribution < -0.4 is 10.1 Å². The number of amides is 1. The van der Waals surface area contributed by atoms with E-state index in [1.54, 1.807) is 13.0 Å². The van der Waals surface area contributed by atoms with Crippen LogP contribution >= 0.6 is 0 Å².